The lowest BCUT2D eigenvalue weighted by molar-refractivity contribution is 0.0949. The van der Waals surface area contributed by atoms with Crippen molar-refractivity contribution < 1.29 is 9.90 Å². The predicted octanol–water partition coefficient (Wildman–Crippen LogP) is 2.73. The van der Waals surface area contributed by atoms with Crippen LogP contribution in [0.25, 0.3) is 11.3 Å². The highest BCUT2D eigenvalue weighted by Gasteiger charge is 2.13. The van der Waals surface area contributed by atoms with Gasteiger partial charge in [0.05, 0.1) is 5.69 Å². The topological polar surface area (TPSA) is 95.1 Å². The summed E-state index contributed by atoms with van der Waals surface area (Å²) >= 11 is 5.82. The Bertz CT molecular complexity index is 951. The molecule has 1 aromatic heterocycles. The van der Waals surface area contributed by atoms with Gasteiger partial charge in [-0.2, -0.15) is 5.10 Å². The summed E-state index contributed by atoms with van der Waals surface area (Å²) in [5.74, 6) is -0.382. The summed E-state index contributed by atoms with van der Waals surface area (Å²) in [6.45, 7) is 0.270. The molecule has 0 aliphatic heterocycles. The maximum absolute atomic E-state index is 12.3. The number of aromatic hydroxyl groups is 1. The van der Waals surface area contributed by atoms with Crippen LogP contribution < -0.4 is 10.9 Å². The Kier molecular flexibility index (Phi) is 4.81. The highest BCUT2D eigenvalue weighted by Crippen LogP contribution is 2.19. The van der Waals surface area contributed by atoms with Crippen LogP contribution in [0.1, 0.15) is 15.9 Å². The average molecular weight is 356 g/mol. The number of H-pyrrole nitrogens is 1. The van der Waals surface area contributed by atoms with Crippen LogP contribution in [0.5, 0.6) is 5.75 Å². The Morgan fingerprint density at radius 2 is 1.80 bits per heavy atom. The van der Waals surface area contributed by atoms with Crippen LogP contribution in [0.2, 0.25) is 5.02 Å². The minimum absolute atomic E-state index is 0.0351. The average Bonchev–Trinajstić information content (AvgIpc) is 2.62. The summed E-state index contributed by atoms with van der Waals surface area (Å²) in [4.78, 5) is 24.2. The summed E-state index contributed by atoms with van der Waals surface area (Å²) in [5, 5.41) is 18.9. The Balaban J connectivity index is 1.79. The van der Waals surface area contributed by atoms with Crippen LogP contribution in [0.4, 0.5) is 0 Å². The first-order chi connectivity index (χ1) is 12.0. The zero-order valence-electron chi connectivity index (χ0n) is 13.0. The fraction of sp³-hybridized carbons (Fsp3) is 0.0556. The van der Waals surface area contributed by atoms with Crippen molar-refractivity contribution in [2.24, 2.45) is 0 Å². The molecule has 3 N–H and O–H groups in total. The normalized spacial score (nSPS) is 10.4. The first-order valence-electron chi connectivity index (χ1n) is 7.45. The minimum Gasteiger partial charge on any atom is -0.508 e. The van der Waals surface area contributed by atoms with Gasteiger partial charge in [-0.3, -0.25) is 9.59 Å². The second-order valence-electron chi connectivity index (χ2n) is 5.35. The van der Waals surface area contributed by atoms with E-state index < -0.39 is 11.5 Å². The highest BCUT2D eigenvalue weighted by molar-refractivity contribution is 6.30. The molecule has 0 fully saturated rings. The summed E-state index contributed by atoms with van der Waals surface area (Å²) in [5.41, 5.74) is 1.35. The maximum Gasteiger partial charge on any atom is 0.277 e. The van der Waals surface area contributed by atoms with Crippen molar-refractivity contribution in [3.8, 4) is 17.0 Å². The second kappa shape index (κ2) is 7.19. The molecule has 0 spiro atoms. The Hall–Kier alpha value is -3.12. The van der Waals surface area contributed by atoms with E-state index in [2.05, 4.69) is 15.5 Å². The van der Waals surface area contributed by atoms with Crippen molar-refractivity contribution in [2.45, 2.75) is 6.54 Å². The highest BCUT2D eigenvalue weighted by atomic mass is 35.5. The van der Waals surface area contributed by atoms with Gasteiger partial charge in [0.15, 0.2) is 0 Å². The van der Waals surface area contributed by atoms with Gasteiger partial charge in [0.25, 0.3) is 11.5 Å². The van der Waals surface area contributed by atoms with Crippen LogP contribution in [-0.2, 0) is 6.54 Å². The van der Waals surface area contributed by atoms with E-state index in [4.69, 9.17) is 11.6 Å². The molecular weight excluding hydrogens is 342 g/mol. The number of carbonyl (C=O) groups excluding carboxylic acids is 1. The molecule has 7 heteroatoms. The maximum atomic E-state index is 12.3. The molecular formula is C18H14ClN3O3. The van der Waals surface area contributed by atoms with Crippen molar-refractivity contribution in [3.05, 3.63) is 81.1 Å². The van der Waals surface area contributed by atoms with E-state index >= 15 is 0 Å². The van der Waals surface area contributed by atoms with Gasteiger partial charge in [0.1, 0.15) is 11.3 Å². The Labute approximate surface area is 148 Å². The van der Waals surface area contributed by atoms with Crippen molar-refractivity contribution in [1.29, 1.82) is 0 Å². The second-order valence-corrected chi connectivity index (χ2v) is 5.79. The molecule has 1 heterocycles. The lowest BCUT2D eigenvalue weighted by atomic mass is 10.1. The summed E-state index contributed by atoms with van der Waals surface area (Å²) < 4.78 is 0. The molecule has 6 nitrogen and oxygen atoms in total. The van der Waals surface area contributed by atoms with Gasteiger partial charge < -0.3 is 10.4 Å². The summed E-state index contributed by atoms with van der Waals surface area (Å²) in [6.07, 6.45) is 0. The number of aromatic nitrogens is 2. The standard InChI is InChI=1S/C18H14ClN3O3/c19-13-5-1-11(2-6-13)10-20-17(24)15-9-16(21-22-18(15)25)12-3-7-14(23)8-4-12/h1-9,23H,10H2,(H,20,24)(H,22,25). The largest absolute Gasteiger partial charge is 0.508 e. The first kappa shape index (κ1) is 16.7. The number of hydrogen-bond donors (Lipinski definition) is 3. The van der Waals surface area contributed by atoms with Crippen LogP contribution in [0.3, 0.4) is 0 Å². The van der Waals surface area contributed by atoms with Crippen molar-refractivity contribution in [2.75, 3.05) is 0 Å². The molecule has 126 valence electrons. The Morgan fingerprint density at radius 3 is 2.48 bits per heavy atom. The van der Waals surface area contributed by atoms with Gasteiger partial charge in [0.2, 0.25) is 0 Å². The molecule has 3 aromatic rings. The van der Waals surface area contributed by atoms with Crippen molar-refractivity contribution >= 4 is 17.5 Å². The molecule has 0 bridgehead atoms. The van der Waals surface area contributed by atoms with Gasteiger partial charge in [-0.1, -0.05) is 23.7 Å². The van der Waals surface area contributed by atoms with Crippen LogP contribution in [0, 0.1) is 0 Å². The van der Waals surface area contributed by atoms with Gasteiger partial charge in [0, 0.05) is 17.1 Å². The third-order valence-corrected chi connectivity index (χ3v) is 3.83. The number of phenolic OH excluding ortho intramolecular Hbond substituents is 1. The molecule has 0 atom stereocenters. The minimum atomic E-state index is -0.573. The van der Waals surface area contributed by atoms with E-state index in [-0.39, 0.29) is 17.9 Å². The van der Waals surface area contributed by atoms with E-state index in [1.165, 1.54) is 18.2 Å². The monoisotopic (exact) mass is 355 g/mol. The van der Waals surface area contributed by atoms with E-state index in [1.807, 2.05) is 0 Å². The number of halogens is 1. The lowest BCUT2D eigenvalue weighted by Gasteiger charge is -2.06. The number of aromatic amines is 1. The van der Waals surface area contributed by atoms with E-state index in [0.29, 0.717) is 16.3 Å². The molecule has 0 radical (unpaired) electrons. The van der Waals surface area contributed by atoms with Gasteiger partial charge in [-0.25, -0.2) is 5.10 Å². The van der Waals surface area contributed by atoms with Crippen LogP contribution >= 0.6 is 11.6 Å². The van der Waals surface area contributed by atoms with E-state index in [9.17, 15) is 14.7 Å². The molecule has 25 heavy (non-hydrogen) atoms. The quantitative estimate of drug-likeness (QED) is 0.670. The van der Waals surface area contributed by atoms with E-state index in [1.54, 1.807) is 36.4 Å². The molecule has 0 saturated heterocycles. The molecule has 0 aliphatic rings. The molecule has 1 amide bonds. The number of amides is 1. The van der Waals surface area contributed by atoms with E-state index in [0.717, 1.165) is 5.56 Å². The summed E-state index contributed by atoms with van der Waals surface area (Å²) in [6, 6.07) is 14.8. The first-order valence-corrected chi connectivity index (χ1v) is 7.82. The van der Waals surface area contributed by atoms with Gasteiger partial charge in [-0.05, 0) is 48.0 Å². The third-order valence-electron chi connectivity index (χ3n) is 3.58. The fourth-order valence-electron chi connectivity index (χ4n) is 2.23. The molecule has 0 unspecified atom stereocenters. The summed E-state index contributed by atoms with van der Waals surface area (Å²) in [7, 11) is 0. The zero-order chi connectivity index (χ0) is 17.8. The number of nitrogens with zero attached hydrogens (tertiary/aromatic N) is 1. The number of rotatable bonds is 4. The number of benzene rings is 2. The SMILES string of the molecule is O=C(NCc1ccc(Cl)cc1)c1cc(-c2ccc(O)cc2)n[nH]c1=O. The van der Waals surface area contributed by atoms with Crippen molar-refractivity contribution in [1.82, 2.24) is 15.5 Å². The van der Waals surface area contributed by atoms with Gasteiger partial charge in [-0.15, -0.1) is 0 Å². The lowest BCUT2D eigenvalue weighted by Crippen LogP contribution is -2.29. The van der Waals surface area contributed by atoms with Crippen molar-refractivity contribution in [3.63, 3.8) is 0 Å². The number of hydrogen-bond acceptors (Lipinski definition) is 4. The predicted molar refractivity (Wildman–Crippen MR) is 94.6 cm³/mol. The Morgan fingerprint density at radius 1 is 1.12 bits per heavy atom. The number of nitrogens with one attached hydrogen (secondary N) is 2. The molecule has 0 aliphatic carbocycles. The van der Waals surface area contributed by atoms with Gasteiger partial charge >= 0.3 is 0 Å². The smallest absolute Gasteiger partial charge is 0.277 e. The van der Waals surface area contributed by atoms with Crippen LogP contribution in [-0.4, -0.2) is 21.2 Å². The number of carbonyl (C=O) groups is 1. The molecule has 0 saturated carbocycles. The molecule has 2 aromatic carbocycles. The third kappa shape index (κ3) is 4.05. The number of phenols is 1. The fourth-order valence-corrected chi connectivity index (χ4v) is 2.36. The van der Waals surface area contributed by atoms with Crippen LogP contribution in [0.15, 0.2) is 59.4 Å². The molecule has 3 rings (SSSR count). The zero-order valence-corrected chi connectivity index (χ0v) is 13.7.